The van der Waals surface area contributed by atoms with Crippen molar-refractivity contribution in [2.24, 2.45) is 0 Å². The molecule has 0 radical (unpaired) electrons. The lowest BCUT2D eigenvalue weighted by Gasteiger charge is -2.35. The molecule has 0 N–H and O–H groups in total. The summed E-state index contributed by atoms with van der Waals surface area (Å²) in [6.07, 6.45) is 1.29. The number of rotatable bonds is 3. The van der Waals surface area contributed by atoms with Crippen molar-refractivity contribution in [2.45, 2.75) is 25.0 Å². The highest BCUT2D eigenvalue weighted by Gasteiger charge is 2.30. The van der Waals surface area contributed by atoms with E-state index in [1.807, 2.05) is 29.2 Å². The Hall–Kier alpha value is -1.30. The van der Waals surface area contributed by atoms with E-state index in [4.69, 9.17) is 25.8 Å². The zero-order chi connectivity index (χ0) is 15.4. The Morgan fingerprint density at radius 1 is 1.27 bits per heavy atom. The minimum Gasteiger partial charge on any atom is -0.490 e. The number of benzene rings is 1. The Labute approximate surface area is 135 Å². The van der Waals surface area contributed by atoms with Crippen LogP contribution in [0.15, 0.2) is 24.3 Å². The summed E-state index contributed by atoms with van der Waals surface area (Å²) in [5.74, 6) is 0.808. The molecule has 0 unspecified atom stereocenters. The standard InChI is InChI=1S/C16H20ClNO4/c17-12-2-1-3-14(10-12)22-13-4-6-18(7-5-13)16(19)15-11-20-8-9-21-15/h1-3,10,13,15H,4-9,11H2/t15-/m0/s1. The molecule has 0 saturated carbocycles. The maximum Gasteiger partial charge on any atom is 0.254 e. The van der Waals surface area contributed by atoms with Crippen molar-refractivity contribution in [3.8, 4) is 5.75 Å². The largest absolute Gasteiger partial charge is 0.490 e. The molecule has 1 atom stereocenters. The highest BCUT2D eigenvalue weighted by atomic mass is 35.5. The van der Waals surface area contributed by atoms with Crippen LogP contribution in [0.4, 0.5) is 0 Å². The minimum atomic E-state index is -0.445. The molecule has 2 saturated heterocycles. The van der Waals surface area contributed by atoms with Crippen LogP contribution < -0.4 is 4.74 Å². The van der Waals surface area contributed by atoms with Crippen molar-refractivity contribution >= 4 is 17.5 Å². The Kier molecular flexibility index (Phi) is 5.18. The fourth-order valence-corrected chi connectivity index (χ4v) is 2.94. The molecule has 1 aromatic carbocycles. The van der Waals surface area contributed by atoms with E-state index >= 15 is 0 Å². The molecule has 2 heterocycles. The highest BCUT2D eigenvalue weighted by Crippen LogP contribution is 2.22. The van der Waals surface area contributed by atoms with E-state index in [0.717, 1.165) is 18.6 Å². The van der Waals surface area contributed by atoms with Gasteiger partial charge in [-0.2, -0.15) is 0 Å². The Balaban J connectivity index is 1.48. The fourth-order valence-electron chi connectivity index (χ4n) is 2.76. The van der Waals surface area contributed by atoms with Gasteiger partial charge in [0.1, 0.15) is 11.9 Å². The lowest BCUT2D eigenvalue weighted by molar-refractivity contribution is -0.159. The highest BCUT2D eigenvalue weighted by molar-refractivity contribution is 6.30. The van der Waals surface area contributed by atoms with Gasteiger partial charge in [-0.25, -0.2) is 0 Å². The number of likely N-dealkylation sites (tertiary alicyclic amines) is 1. The second kappa shape index (κ2) is 7.31. The van der Waals surface area contributed by atoms with E-state index in [9.17, 15) is 4.79 Å². The first kappa shape index (κ1) is 15.6. The lowest BCUT2D eigenvalue weighted by atomic mass is 10.1. The molecule has 3 rings (SSSR count). The van der Waals surface area contributed by atoms with E-state index < -0.39 is 6.10 Å². The average Bonchev–Trinajstić information content (AvgIpc) is 2.56. The summed E-state index contributed by atoms with van der Waals surface area (Å²) in [5.41, 5.74) is 0. The van der Waals surface area contributed by atoms with Crippen LogP contribution in [-0.2, 0) is 14.3 Å². The normalized spacial score (nSPS) is 23.3. The third-order valence-corrected chi connectivity index (χ3v) is 4.18. The molecular weight excluding hydrogens is 306 g/mol. The van der Waals surface area contributed by atoms with Crippen molar-refractivity contribution in [2.75, 3.05) is 32.9 Å². The van der Waals surface area contributed by atoms with Crippen LogP contribution in [-0.4, -0.2) is 55.9 Å². The summed E-state index contributed by atoms with van der Waals surface area (Å²) in [4.78, 5) is 14.2. The molecule has 1 amide bonds. The predicted molar refractivity (Wildman–Crippen MR) is 82.2 cm³/mol. The number of hydrogen-bond donors (Lipinski definition) is 0. The molecule has 2 fully saturated rings. The molecular formula is C16H20ClNO4. The van der Waals surface area contributed by atoms with Gasteiger partial charge in [-0.3, -0.25) is 4.79 Å². The van der Waals surface area contributed by atoms with Crippen LogP contribution >= 0.6 is 11.6 Å². The van der Waals surface area contributed by atoms with Crippen molar-refractivity contribution in [1.82, 2.24) is 4.90 Å². The van der Waals surface area contributed by atoms with Gasteiger partial charge in [-0.1, -0.05) is 17.7 Å². The quantitative estimate of drug-likeness (QED) is 0.854. The van der Waals surface area contributed by atoms with Gasteiger partial charge in [-0.15, -0.1) is 0 Å². The summed E-state index contributed by atoms with van der Waals surface area (Å²) in [6.45, 7) is 2.79. The second-order valence-corrected chi connectivity index (χ2v) is 5.97. The van der Waals surface area contributed by atoms with Crippen LogP contribution in [0.25, 0.3) is 0 Å². The minimum absolute atomic E-state index is 0.0286. The number of hydrogen-bond acceptors (Lipinski definition) is 4. The van der Waals surface area contributed by atoms with Gasteiger partial charge in [0.25, 0.3) is 5.91 Å². The first-order valence-electron chi connectivity index (χ1n) is 7.63. The van der Waals surface area contributed by atoms with Gasteiger partial charge in [0.2, 0.25) is 0 Å². The van der Waals surface area contributed by atoms with E-state index in [1.165, 1.54) is 0 Å². The first-order valence-corrected chi connectivity index (χ1v) is 8.00. The molecule has 5 nitrogen and oxygen atoms in total. The zero-order valence-corrected chi connectivity index (χ0v) is 13.1. The summed E-state index contributed by atoms with van der Waals surface area (Å²) in [7, 11) is 0. The van der Waals surface area contributed by atoms with Gasteiger partial charge in [0.15, 0.2) is 6.10 Å². The summed E-state index contributed by atoms with van der Waals surface area (Å²) in [5, 5.41) is 0.666. The van der Waals surface area contributed by atoms with Crippen molar-refractivity contribution in [3.05, 3.63) is 29.3 Å². The van der Waals surface area contributed by atoms with E-state index in [1.54, 1.807) is 0 Å². The monoisotopic (exact) mass is 325 g/mol. The third kappa shape index (κ3) is 3.91. The average molecular weight is 326 g/mol. The van der Waals surface area contributed by atoms with Gasteiger partial charge in [-0.05, 0) is 18.2 Å². The fraction of sp³-hybridized carbons (Fsp3) is 0.562. The van der Waals surface area contributed by atoms with Crippen molar-refractivity contribution in [3.63, 3.8) is 0 Å². The topological polar surface area (TPSA) is 48.0 Å². The molecule has 120 valence electrons. The number of ether oxygens (including phenoxy) is 3. The van der Waals surface area contributed by atoms with Gasteiger partial charge in [0.05, 0.1) is 19.8 Å². The Morgan fingerprint density at radius 2 is 2.09 bits per heavy atom. The van der Waals surface area contributed by atoms with Crippen molar-refractivity contribution in [1.29, 1.82) is 0 Å². The molecule has 2 aliphatic heterocycles. The molecule has 1 aromatic rings. The van der Waals surface area contributed by atoms with Crippen LogP contribution in [0, 0.1) is 0 Å². The van der Waals surface area contributed by atoms with Crippen LogP contribution in [0.5, 0.6) is 5.75 Å². The molecule has 0 aromatic heterocycles. The number of halogens is 1. The number of amides is 1. The summed E-state index contributed by atoms with van der Waals surface area (Å²) in [6, 6.07) is 7.40. The van der Waals surface area contributed by atoms with E-state index in [2.05, 4.69) is 0 Å². The van der Waals surface area contributed by atoms with E-state index in [-0.39, 0.29) is 12.0 Å². The van der Waals surface area contributed by atoms with Crippen LogP contribution in [0.2, 0.25) is 5.02 Å². The van der Waals surface area contributed by atoms with Crippen LogP contribution in [0.1, 0.15) is 12.8 Å². The number of carbonyl (C=O) groups excluding carboxylic acids is 1. The van der Waals surface area contributed by atoms with Crippen molar-refractivity contribution < 1.29 is 19.0 Å². The molecule has 0 spiro atoms. The maximum atomic E-state index is 12.3. The van der Waals surface area contributed by atoms with Crippen LogP contribution in [0.3, 0.4) is 0 Å². The molecule has 0 bridgehead atoms. The molecule has 6 heteroatoms. The zero-order valence-electron chi connectivity index (χ0n) is 12.4. The first-order chi connectivity index (χ1) is 10.7. The molecule has 22 heavy (non-hydrogen) atoms. The number of carbonyl (C=O) groups is 1. The summed E-state index contributed by atoms with van der Waals surface area (Å²) >= 11 is 5.95. The predicted octanol–water partition coefficient (Wildman–Crippen LogP) is 2.13. The molecule has 0 aliphatic carbocycles. The van der Waals surface area contributed by atoms with Gasteiger partial charge >= 0.3 is 0 Å². The van der Waals surface area contributed by atoms with Gasteiger partial charge in [0, 0.05) is 31.0 Å². The van der Waals surface area contributed by atoms with Gasteiger partial charge < -0.3 is 19.1 Å². The van der Waals surface area contributed by atoms with E-state index in [0.29, 0.717) is 37.9 Å². The smallest absolute Gasteiger partial charge is 0.254 e. The second-order valence-electron chi connectivity index (χ2n) is 5.53. The molecule has 2 aliphatic rings. The number of piperidine rings is 1. The SMILES string of the molecule is O=C([C@@H]1COCCO1)N1CCC(Oc2cccc(Cl)c2)CC1. The lowest BCUT2D eigenvalue weighted by Crippen LogP contribution is -2.49. The Morgan fingerprint density at radius 3 is 2.77 bits per heavy atom. The Bertz CT molecular complexity index is 511. The maximum absolute atomic E-state index is 12.3. The number of nitrogens with zero attached hydrogens (tertiary/aromatic N) is 1. The third-order valence-electron chi connectivity index (χ3n) is 3.94. The summed E-state index contributed by atoms with van der Waals surface area (Å²) < 4.78 is 16.7.